The largest absolute Gasteiger partial charge is 0.120 e. The highest BCUT2D eigenvalue weighted by molar-refractivity contribution is 5.36. The van der Waals surface area contributed by atoms with Crippen molar-refractivity contribution in [1.82, 2.24) is 0 Å². The fraction of sp³-hybridized carbons (Fsp3) is 0.727. The van der Waals surface area contributed by atoms with E-state index in [1.54, 1.807) is 11.1 Å². The monoisotopic (exact) mass is 294 g/mol. The highest BCUT2D eigenvalue weighted by atomic mass is 14.6. The summed E-state index contributed by atoms with van der Waals surface area (Å²) < 4.78 is 0. The zero-order valence-corrected chi connectivity index (χ0v) is 14.5. The Balaban J connectivity index is 1.70. The van der Waals surface area contributed by atoms with E-state index in [0.29, 0.717) is 16.7 Å². The molecule has 0 aromatic carbocycles. The van der Waals surface area contributed by atoms with Crippen LogP contribution < -0.4 is 0 Å². The third-order valence-electron chi connectivity index (χ3n) is 8.26. The predicted molar refractivity (Wildman–Crippen MR) is 93.2 cm³/mol. The molecule has 0 aromatic heterocycles. The van der Waals surface area contributed by atoms with Crippen LogP contribution in [-0.2, 0) is 0 Å². The van der Waals surface area contributed by atoms with Gasteiger partial charge in [0, 0.05) is 5.92 Å². The van der Waals surface area contributed by atoms with Crippen molar-refractivity contribution in [3.05, 3.63) is 23.3 Å². The number of allylic oxidation sites excluding steroid dienone is 4. The van der Waals surface area contributed by atoms with Gasteiger partial charge >= 0.3 is 0 Å². The average molecular weight is 294 g/mol. The summed E-state index contributed by atoms with van der Waals surface area (Å²) >= 11 is 0. The van der Waals surface area contributed by atoms with Crippen molar-refractivity contribution in [1.29, 1.82) is 0 Å². The van der Waals surface area contributed by atoms with Crippen molar-refractivity contribution in [2.75, 3.05) is 0 Å². The van der Waals surface area contributed by atoms with E-state index in [9.17, 15) is 0 Å². The normalized spacial score (nSPS) is 50.1. The van der Waals surface area contributed by atoms with Crippen molar-refractivity contribution in [2.45, 2.75) is 65.7 Å². The third kappa shape index (κ3) is 1.72. The topological polar surface area (TPSA) is 0 Å². The number of rotatable bonds is 0. The van der Waals surface area contributed by atoms with Gasteiger partial charge in [-0.25, -0.2) is 0 Å². The smallest absolute Gasteiger partial charge is 0.0256 e. The van der Waals surface area contributed by atoms with E-state index >= 15 is 0 Å². The molecule has 3 fully saturated rings. The Morgan fingerprint density at radius 2 is 1.95 bits per heavy atom. The first-order valence-electron chi connectivity index (χ1n) is 9.33. The summed E-state index contributed by atoms with van der Waals surface area (Å²) in [7, 11) is 0. The zero-order valence-electron chi connectivity index (χ0n) is 14.5. The molecule has 0 bridgehead atoms. The molecule has 0 saturated heterocycles. The summed E-state index contributed by atoms with van der Waals surface area (Å²) in [6, 6.07) is 0. The maximum atomic E-state index is 5.88. The van der Waals surface area contributed by atoms with Crippen LogP contribution in [-0.4, -0.2) is 0 Å². The fourth-order valence-electron chi connectivity index (χ4n) is 7.08. The average Bonchev–Trinajstić information content (AvgIpc) is 2.83. The van der Waals surface area contributed by atoms with Crippen molar-refractivity contribution >= 4 is 0 Å². The number of fused-ring (bicyclic) bond motifs is 5. The molecule has 0 nitrogen and oxygen atoms in total. The van der Waals surface area contributed by atoms with Crippen LogP contribution in [0.15, 0.2) is 23.3 Å². The molecule has 22 heavy (non-hydrogen) atoms. The van der Waals surface area contributed by atoms with Gasteiger partial charge < -0.3 is 0 Å². The van der Waals surface area contributed by atoms with Crippen LogP contribution in [0.2, 0.25) is 0 Å². The summed E-state index contributed by atoms with van der Waals surface area (Å²) in [4.78, 5) is 0. The van der Waals surface area contributed by atoms with Gasteiger partial charge in [-0.15, -0.1) is 12.3 Å². The molecule has 4 rings (SSSR count). The molecule has 0 radical (unpaired) electrons. The van der Waals surface area contributed by atoms with Crippen LogP contribution in [0.25, 0.3) is 0 Å². The Hall–Kier alpha value is -0.960. The SMILES string of the molecule is C#C[C@H]1CC[C@H]2[C@@H]3CCC4=C(C)C=CC[C@]4(C)[C@H]3CC[C@]12C. The molecule has 118 valence electrons. The minimum Gasteiger partial charge on any atom is -0.120 e. The zero-order chi connectivity index (χ0) is 15.5. The summed E-state index contributed by atoms with van der Waals surface area (Å²) in [5.41, 5.74) is 4.23. The van der Waals surface area contributed by atoms with Crippen LogP contribution >= 0.6 is 0 Å². The van der Waals surface area contributed by atoms with Gasteiger partial charge in [-0.1, -0.05) is 37.1 Å². The Bertz CT molecular complexity index is 586. The Kier molecular flexibility index (Phi) is 3.17. The van der Waals surface area contributed by atoms with Gasteiger partial charge in [0.05, 0.1) is 0 Å². The van der Waals surface area contributed by atoms with Crippen LogP contribution in [0.4, 0.5) is 0 Å². The van der Waals surface area contributed by atoms with Crippen molar-refractivity contribution in [3.8, 4) is 12.3 Å². The summed E-state index contributed by atoms with van der Waals surface area (Å²) in [6.07, 6.45) is 20.1. The van der Waals surface area contributed by atoms with E-state index in [-0.39, 0.29) is 0 Å². The first-order valence-corrected chi connectivity index (χ1v) is 9.33. The number of hydrogen-bond donors (Lipinski definition) is 0. The van der Waals surface area contributed by atoms with Gasteiger partial charge in [0.25, 0.3) is 0 Å². The molecule has 0 unspecified atom stereocenters. The minimum absolute atomic E-state index is 0.438. The first kappa shape index (κ1) is 14.6. The lowest BCUT2D eigenvalue weighted by Crippen LogP contribution is -2.49. The van der Waals surface area contributed by atoms with Crippen LogP contribution in [0, 0.1) is 46.8 Å². The predicted octanol–water partition coefficient (Wildman–Crippen LogP) is 5.75. The molecule has 0 spiro atoms. The molecule has 0 N–H and O–H groups in total. The summed E-state index contributed by atoms with van der Waals surface area (Å²) in [6.45, 7) is 7.42. The maximum Gasteiger partial charge on any atom is 0.0256 e. The van der Waals surface area contributed by atoms with E-state index in [2.05, 4.69) is 38.8 Å². The summed E-state index contributed by atoms with van der Waals surface area (Å²) in [5.74, 6) is 6.39. The second kappa shape index (κ2) is 4.77. The molecule has 3 saturated carbocycles. The van der Waals surface area contributed by atoms with Gasteiger partial charge in [-0.05, 0) is 80.5 Å². The molecular formula is C22H30. The lowest BCUT2D eigenvalue weighted by Gasteiger charge is -2.57. The molecule has 0 aromatic rings. The van der Waals surface area contributed by atoms with E-state index in [0.717, 1.165) is 17.8 Å². The minimum atomic E-state index is 0.438. The highest BCUT2D eigenvalue weighted by Gasteiger charge is 2.58. The van der Waals surface area contributed by atoms with Crippen molar-refractivity contribution < 1.29 is 0 Å². The standard InChI is InChI=1S/C22H30/c1-5-16-8-10-19-17-9-11-18-15(2)7-6-13-22(18,4)20(17)12-14-21(16,19)3/h1,6-7,16-17,19-20H,8-14H2,2-4H3/t16-,17-,19-,20-,21+,22-/m0/s1. The van der Waals surface area contributed by atoms with Gasteiger partial charge in [0.1, 0.15) is 0 Å². The molecule has 0 aliphatic heterocycles. The van der Waals surface area contributed by atoms with Gasteiger partial charge in [0.2, 0.25) is 0 Å². The third-order valence-corrected chi connectivity index (χ3v) is 8.26. The molecule has 0 amide bonds. The van der Waals surface area contributed by atoms with E-state index in [1.807, 2.05) is 0 Å². The van der Waals surface area contributed by atoms with E-state index in [1.165, 1.54) is 44.9 Å². The van der Waals surface area contributed by atoms with E-state index < -0.39 is 0 Å². The van der Waals surface area contributed by atoms with Crippen LogP contribution in [0.1, 0.15) is 65.7 Å². The second-order valence-corrected chi connectivity index (χ2v) is 8.94. The maximum absolute atomic E-state index is 5.88. The van der Waals surface area contributed by atoms with Gasteiger partial charge in [0.15, 0.2) is 0 Å². The fourth-order valence-corrected chi connectivity index (χ4v) is 7.08. The quantitative estimate of drug-likeness (QED) is 0.499. The van der Waals surface area contributed by atoms with Crippen molar-refractivity contribution in [3.63, 3.8) is 0 Å². The van der Waals surface area contributed by atoms with Crippen LogP contribution in [0.5, 0.6) is 0 Å². The molecule has 0 heteroatoms. The lowest BCUT2D eigenvalue weighted by atomic mass is 9.47. The molecule has 4 aliphatic rings. The molecule has 4 aliphatic carbocycles. The Morgan fingerprint density at radius 3 is 2.73 bits per heavy atom. The Labute approximate surface area is 136 Å². The number of hydrogen-bond acceptors (Lipinski definition) is 0. The molecule has 6 atom stereocenters. The lowest BCUT2D eigenvalue weighted by molar-refractivity contribution is -0.0390. The van der Waals surface area contributed by atoms with Gasteiger partial charge in [-0.3, -0.25) is 0 Å². The van der Waals surface area contributed by atoms with E-state index in [4.69, 9.17) is 6.42 Å². The molecule has 0 heterocycles. The van der Waals surface area contributed by atoms with Gasteiger partial charge in [-0.2, -0.15) is 0 Å². The highest BCUT2D eigenvalue weighted by Crippen LogP contribution is 2.66. The Morgan fingerprint density at radius 1 is 1.14 bits per heavy atom. The first-order chi connectivity index (χ1) is 10.5. The summed E-state index contributed by atoms with van der Waals surface area (Å²) in [5, 5.41) is 0. The second-order valence-electron chi connectivity index (χ2n) is 8.94. The van der Waals surface area contributed by atoms with Crippen molar-refractivity contribution in [2.24, 2.45) is 34.5 Å². The molecular weight excluding hydrogens is 264 g/mol. The van der Waals surface area contributed by atoms with Crippen LogP contribution in [0.3, 0.4) is 0 Å². The number of terminal acetylenes is 1.